The lowest BCUT2D eigenvalue weighted by Gasteiger charge is -2.22. The summed E-state index contributed by atoms with van der Waals surface area (Å²) < 4.78 is 32.3. The number of aliphatic imine (C=N–C) groups is 1. The molecule has 2 aliphatic rings. The number of likely N-dealkylation sites (tertiary alicyclic amines) is 1. The van der Waals surface area contributed by atoms with E-state index in [4.69, 9.17) is 4.74 Å². The second-order valence-electron chi connectivity index (χ2n) is 6.28. The summed E-state index contributed by atoms with van der Waals surface area (Å²) in [6.07, 6.45) is 3.41. The summed E-state index contributed by atoms with van der Waals surface area (Å²) >= 11 is 0. The van der Waals surface area contributed by atoms with Gasteiger partial charge in [-0.25, -0.2) is 13.1 Å². The molecule has 3 N–H and O–H groups in total. The fourth-order valence-electron chi connectivity index (χ4n) is 2.89. The average Bonchev–Trinajstić information content (AvgIpc) is 3.00. The van der Waals surface area contributed by atoms with Gasteiger partial charge < -0.3 is 20.1 Å². The van der Waals surface area contributed by atoms with Crippen molar-refractivity contribution in [2.45, 2.75) is 44.8 Å². The number of ether oxygens (including phenoxy) is 1. The number of halogens is 1. The van der Waals surface area contributed by atoms with E-state index in [0.717, 1.165) is 25.8 Å². The summed E-state index contributed by atoms with van der Waals surface area (Å²) in [4.78, 5) is 6.34. The minimum Gasteiger partial charge on any atom is -0.391 e. The first kappa shape index (κ1) is 22.9. The van der Waals surface area contributed by atoms with Crippen LogP contribution in [0.4, 0.5) is 0 Å². The van der Waals surface area contributed by atoms with Gasteiger partial charge in [-0.15, -0.1) is 24.0 Å². The molecule has 0 aromatic rings. The summed E-state index contributed by atoms with van der Waals surface area (Å²) in [6, 6.07) is 0. The molecule has 0 aliphatic carbocycles. The molecule has 2 heterocycles. The number of nitrogens with zero attached hydrogens (tertiary/aromatic N) is 2. The highest BCUT2D eigenvalue weighted by Gasteiger charge is 2.23. The minimum absolute atomic E-state index is 0. The van der Waals surface area contributed by atoms with Gasteiger partial charge in [-0.1, -0.05) is 0 Å². The first-order chi connectivity index (χ1) is 11.5. The molecule has 10 heteroatoms. The van der Waals surface area contributed by atoms with Crippen LogP contribution >= 0.6 is 24.0 Å². The monoisotopic (exact) mass is 490 g/mol. The number of sulfonamides is 1. The molecule has 2 rings (SSSR count). The Morgan fingerprint density at radius 2 is 2.16 bits per heavy atom. The van der Waals surface area contributed by atoms with E-state index < -0.39 is 10.0 Å². The molecule has 25 heavy (non-hydrogen) atoms. The maximum Gasteiger partial charge on any atom is 0.213 e. The van der Waals surface area contributed by atoms with Gasteiger partial charge >= 0.3 is 0 Å². The molecule has 8 nitrogen and oxygen atoms in total. The van der Waals surface area contributed by atoms with Gasteiger partial charge in [0.15, 0.2) is 5.96 Å². The molecule has 2 saturated heterocycles. The minimum atomic E-state index is -3.36. The number of aliphatic hydroxyl groups is 1. The molecule has 2 fully saturated rings. The number of β-amino-alcohol motifs (C(OH)–C–C–N with tert-alkyl or cyclic N) is 1. The molecule has 2 atom stereocenters. The van der Waals surface area contributed by atoms with E-state index in [0.29, 0.717) is 38.6 Å². The number of rotatable bonds is 7. The zero-order chi connectivity index (χ0) is 17.4. The smallest absolute Gasteiger partial charge is 0.213 e. The second-order valence-corrected chi connectivity index (χ2v) is 8.21. The van der Waals surface area contributed by atoms with Crippen LogP contribution in [0.3, 0.4) is 0 Å². The predicted octanol–water partition coefficient (Wildman–Crippen LogP) is 0.125. The lowest BCUT2D eigenvalue weighted by atomic mass is 10.1. The van der Waals surface area contributed by atoms with Crippen molar-refractivity contribution in [1.29, 1.82) is 0 Å². The maximum atomic E-state index is 12.1. The molecule has 0 amide bonds. The van der Waals surface area contributed by atoms with Gasteiger partial charge in [0.2, 0.25) is 10.0 Å². The molecule has 2 aliphatic heterocycles. The molecule has 0 saturated carbocycles. The van der Waals surface area contributed by atoms with Crippen molar-refractivity contribution in [3.05, 3.63) is 0 Å². The lowest BCUT2D eigenvalue weighted by molar-refractivity contribution is 0.0200. The molecular weight excluding hydrogens is 459 g/mol. The van der Waals surface area contributed by atoms with Crippen molar-refractivity contribution < 1.29 is 18.3 Å². The molecule has 0 spiro atoms. The Bertz CT molecular complexity index is 512. The number of hydrogen-bond acceptors (Lipinski definition) is 5. The molecule has 148 valence electrons. The normalized spacial score (nSPS) is 24.9. The van der Waals surface area contributed by atoms with Crippen LogP contribution in [0.25, 0.3) is 0 Å². The van der Waals surface area contributed by atoms with Gasteiger partial charge in [0.1, 0.15) is 0 Å². The van der Waals surface area contributed by atoms with E-state index in [1.165, 1.54) is 0 Å². The van der Waals surface area contributed by atoms with Crippen LogP contribution in [0.1, 0.15) is 32.6 Å². The van der Waals surface area contributed by atoms with E-state index in [1.807, 2.05) is 11.8 Å². The third-order valence-corrected chi connectivity index (χ3v) is 5.55. The standard InChI is InChI=1S/C15H30N4O4S.HI/c1-2-16-15(19-8-6-13(20)12-19)17-7-10-24(21,22)18-11-14-5-3-4-9-23-14;/h13-14,18,20H,2-12H2,1H3,(H,16,17);1H/t13-,14?;/m1./s1. The fraction of sp³-hybridized carbons (Fsp3) is 0.933. The van der Waals surface area contributed by atoms with E-state index >= 15 is 0 Å². The first-order valence-electron chi connectivity index (χ1n) is 8.80. The maximum absolute atomic E-state index is 12.1. The van der Waals surface area contributed by atoms with Gasteiger partial charge in [-0.3, -0.25) is 4.99 Å². The number of aliphatic hydroxyl groups excluding tert-OH is 1. The van der Waals surface area contributed by atoms with Crippen molar-refractivity contribution in [2.24, 2.45) is 4.99 Å². The zero-order valence-corrected chi connectivity index (χ0v) is 18.0. The van der Waals surface area contributed by atoms with Crippen molar-refractivity contribution >= 4 is 40.0 Å². The lowest BCUT2D eigenvalue weighted by Crippen LogP contribution is -2.41. The summed E-state index contributed by atoms with van der Waals surface area (Å²) in [5.41, 5.74) is 0. The Kier molecular flexibility index (Phi) is 10.5. The van der Waals surface area contributed by atoms with Crippen molar-refractivity contribution in [3.63, 3.8) is 0 Å². The Hall–Kier alpha value is -0.170. The first-order valence-corrected chi connectivity index (χ1v) is 10.5. The second kappa shape index (κ2) is 11.5. The van der Waals surface area contributed by atoms with Gasteiger partial charge in [0.05, 0.1) is 24.5 Å². The molecule has 0 bridgehead atoms. The molecule has 0 radical (unpaired) electrons. The Morgan fingerprint density at radius 1 is 1.36 bits per heavy atom. The summed E-state index contributed by atoms with van der Waals surface area (Å²) in [6.45, 7) is 5.18. The average molecular weight is 490 g/mol. The summed E-state index contributed by atoms with van der Waals surface area (Å²) in [5, 5.41) is 12.8. The van der Waals surface area contributed by atoms with Crippen LogP contribution in [0.15, 0.2) is 4.99 Å². The predicted molar refractivity (Wildman–Crippen MR) is 109 cm³/mol. The summed E-state index contributed by atoms with van der Waals surface area (Å²) in [7, 11) is -3.36. The quantitative estimate of drug-likeness (QED) is 0.266. The van der Waals surface area contributed by atoms with E-state index in [-0.39, 0.29) is 48.5 Å². The Morgan fingerprint density at radius 3 is 2.76 bits per heavy atom. The van der Waals surface area contributed by atoms with E-state index in [2.05, 4.69) is 15.0 Å². The third kappa shape index (κ3) is 8.37. The molecule has 0 aromatic carbocycles. The zero-order valence-electron chi connectivity index (χ0n) is 14.8. The highest BCUT2D eigenvalue weighted by Crippen LogP contribution is 2.12. The number of hydrogen-bond donors (Lipinski definition) is 3. The summed E-state index contributed by atoms with van der Waals surface area (Å²) in [5.74, 6) is 0.616. The Balaban J connectivity index is 0.00000312. The van der Waals surface area contributed by atoms with Crippen LogP contribution in [-0.2, 0) is 14.8 Å². The van der Waals surface area contributed by atoms with Crippen LogP contribution in [-0.4, -0.2) is 81.7 Å². The van der Waals surface area contributed by atoms with Crippen LogP contribution < -0.4 is 10.0 Å². The SMILES string of the molecule is CCNC(=NCCS(=O)(=O)NCC1CCCCO1)N1CC[C@@H](O)C1.I. The van der Waals surface area contributed by atoms with Crippen molar-refractivity contribution in [3.8, 4) is 0 Å². The third-order valence-electron chi connectivity index (χ3n) is 4.22. The highest BCUT2D eigenvalue weighted by molar-refractivity contribution is 14.0. The number of guanidine groups is 1. The van der Waals surface area contributed by atoms with Gasteiger partial charge in [-0.2, -0.15) is 0 Å². The van der Waals surface area contributed by atoms with Gasteiger partial charge in [-0.05, 0) is 32.6 Å². The largest absolute Gasteiger partial charge is 0.391 e. The van der Waals surface area contributed by atoms with E-state index in [1.54, 1.807) is 0 Å². The molecule has 0 aromatic heterocycles. The molecular formula is C15H31IN4O4S. The van der Waals surface area contributed by atoms with Gasteiger partial charge in [0.25, 0.3) is 0 Å². The van der Waals surface area contributed by atoms with E-state index in [9.17, 15) is 13.5 Å². The van der Waals surface area contributed by atoms with Crippen molar-refractivity contribution in [2.75, 3.05) is 45.1 Å². The number of nitrogens with one attached hydrogen (secondary N) is 2. The van der Waals surface area contributed by atoms with Crippen LogP contribution in [0.2, 0.25) is 0 Å². The van der Waals surface area contributed by atoms with Crippen molar-refractivity contribution in [1.82, 2.24) is 14.9 Å². The van der Waals surface area contributed by atoms with Crippen LogP contribution in [0, 0.1) is 0 Å². The topological polar surface area (TPSA) is 103 Å². The Labute approximate surface area is 167 Å². The fourth-order valence-corrected chi connectivity index (χ4v) is 3.81. The highest BCUT2D eigenvalue weighted by atomic mass is 127. The van der Waals surface area contributed by atoms with Gasteiger partial charge in [0, 0.05) is 32.8 Å². The van der Waals surface area contributed by atoms with Crippen LogP contribution in [0.5, 0.6) is 0 Å². The molecule has 1 unspecified atom stereocenters.